The third kappa shape index (κ3) is 4.70. The van der Waals surface area contributed by atoms with Crippen molar-refractivity contribution >= 4 is 11.7 Å². The molecule has 0 spiro atoms. The largest absolute Gasteiger partial charge is 0.497 e. The summed E-state index contributed by atoms with van der Waals surface area (Å²) in [6, 6.07) is 14.1. The van der Waals surface area contributed by atoms with Gasteiger partial charge < -0.3 is 19.9 Å². The van der Waals surface area contributed by atoms with Crippen molar-refractivity contribution in [1.29, 1.82) is 0 Å². The molecule has 0 bridgehead atoms. The maximum absolute atomic E-state index is 10.7. The lowest BCUT2D eigenvalue weighted by Crippen LogP contribution is -2.07. The van der Waals surface area contributed by atoms with Crippen molar-refractivity contribution in [3.05, 3.63) is 54.1 Å². The van der Waals surface area contributed by atoms with Crippen LogP contribution in [0.1, 0.15) is 16.8 Å². The van der Waals surface area contributed by atoms with Crippen LogP contribution < -0.4 is 14.8 Å². The van der Waals surface area contributed by atoms with Gasteiger partial charge in [0.05, 0.1) is 19.3 Å². The van der Waals surface area contributed by atoms with Gasteiger partial charge in [-0.3, -0.25) is 0 Å². The van der Waals surface area contributed by atoms with E-state index in [9.17, 15) is 4.79 Å². The summed E-state index contributed by atoms with van der Waals surface area (Å²) in [6.45, 7) is 1.36. The summed E-state index contributed by atoms with van der Waals surface area (Å²) in [7, 11) is 1.64. The van der Waals surface area contributed by atoms with Crippen LogP contribution in [-0.4, -0.2) is 31.3 Å². The molecule has 0 saturated carbocycles. The number of carbonyl (C=O) groups is 1. The van der Waals surface area contributed by atoms with Crippen LogP contribution in [0.5, 0.6) is 11.5 Å². The molecule has 0 fully saturated rings. The Kier molecular flexibility index (Phi) is 5.65. The van der Waals surface area contributed by atoms with Crippen LogP contribution in [0.3, 0.4) is 0 Å². The molecule has 0 saturated heterocycles. The molecule has 2 rings (SSSR count). The van der Waals surface area contributed by atoms with Crippen LogP contribution in [-0.2, 0) is 0 Å². The minimum Gasteiger partial charge on any atom is -0.497 e. The number of hydrogen-bond donors (Lipinski definition) is 2. The van der Waals surface area contributed by atoms with E-state index in [1.165, 1.54) is 12.1 Å². The SMILES string of the molecule is COc1ccc(NCCCOc2ccc(C(=O)O)cc2)cc1. The van der Waals surface area contributed by atoms with E-state index in [2.05, 4.69) is 5.32 Å². The number of hydrogen-bond acceptors (Lipinski definition) is 4. The highest BCUT2D eigenvalue weighted by Crippen LogP contribution is 2.15. The van der Waals surface area contributed by atoms with Crippen molar-refractivity contribution in [2.24, 2.45) is 0 Å². The normalized spacial score (nSPS) is 10.0. The molecule has 0 amide bonds. The van der Waals surface area contributed by atoms with Gasteiger partial charge in [-0.15, -0.1) is 0 Å². The molecule has 0 unspecified atom stereocenters. The number of nitrogens with one attached hydrogen (secondary N) is 1. The zero-order chi connectivity index (χ0) is 15.8. The van der Waals surface area contributed by atoms with E-state index >= 15 is 0 Å². The van der Waals surface area contributed by atoms with Crippen LogP contribution in [0.25, 0.3) is 0 Å². The first-order valence-corrected chi connectivity index (χ1v) is 7.03. The summed E-state index contributed by atoms with van der Waals surface area (Å²) in [4.78, 5) is 10.7. The van der Waals surface area contributed by atoms with E-state index in [4.69, 9.17) is 14.6 Å². The van der Waals surface area contributed by atoms with Gasteiger partial charge in [0.1, 0.15) is 11.5 Å². The van der Waals surface area contributed by atoms with Gasteiger partial charge in [-0.2, -0.15) is 0 Å². The molecule has 0 aromatic heterocycles. The average Bonchev–Trinajstić information content (AvgIpc) is 2.55. The van der Waals surface area contributed by atoms with Crippen molar-refractivity contribution in [1.82, 2.24) is 0 Å². The van der Waals surface area contributed by atoms with Gasteiger partial charge in [0.15, 0.2) is 0 Å². The predicted octanol–water partition coefficient (Wildman–Crippen LogP) is 3.27. The molecule has 5 heteroatoms. The highest BCUT2D eigenvalue weighted by molar-refractivity contribution is 5.87. The number of carboxylic acid groups (broad SMARTS) is 1. The summed E-state index contributed by atoms with van der Waals surface area (Å²) in [5, 5.41) is 12.1. The van der Waals surface area contributed by atoms with E-state index < -0.39 is 5.97 Å². The third-order valence-corrected chi connectivity index (χ3v) is 3.11. The van der Waals surface area contributed by atoms with E-state index in [1.54, 1.807) is 19.2 Å². The Balaban J connectivity index is 1.67. The fourth-order valence-electron chi connectivity index (χ4n) is 1.90. The highest BCUT2D eigenvalue weighted by Gasteiger charge is 2.02. The Morgan fingerprint density at radius 3 is 2.27 bits per heavy atom. The second-order valence-electron chi connectivity index (χ2n) is 4.69. The number of ether oxygens (including phenoxy) is 2. The number of anilines is 1. The molecule has 0 aliphatic heterocycles. The smallest absolute Gasteiger partial charge is 0.335 e. The standard InChI is InChI=1S/C17H19NO4/c1-21-15-9-5-14(6-10-15)18-11-2-12-22-16-7-3-13(4-8-16)17(19)20/h3-10,18H,2,11-12H2,1H3,(H,19,20). The molecule has 0 radical (unpaired) electrons. The quantitative estimate of drug-likeness (QED) is 0.732. The van der Waals surface area contributed by atoms with Crippen molar-refractivity contribution in [3.8, 4) is 11.5 Å². The summed E-state index contributed by atoms with van der Waals surface area (Å²) in [5.41, 5.74) is 1.29. The molecule has 0 atom stereocenters. The van der Waals surface area contributed by atoms with Crippen molar-refractivity contribution < 1.29 is 19.4 Å². The Morgan fingerprint density at radius 1 is 1.05 bits per heavy atom. The predicted molar refractivity (Wildman–Crippen MR) is 85.0 cm³/mol. The zero-order valence-electron chi connectivity index (χ0n) is 12.4. The number of methoxy groups -OCH3 is 1. The van der Waals surface area contributed by atoms with Gasteiger partial charge in [-0.05, 0) is 55.0 Å². The average molecular weight is 301 g/mol. The van der Waals surface area contributed by atoms with Crippen molar-refractivity contribution in [2.75, 3.05) is 25.6 Å². The van der Waals surface area contributed by atoms with Gasteiger partial charge in [0.2, 0.25) is 0 Å². The first-order chi connectivity index (χ1) is 10.7. The molecule has 2 N–H and O–H groups in total. The Morgan fingerprint density at radius 2 is 1.68 bits per heavy atom. The van der Waals surface area contributed by atoms with E-state index in [-0.39, 0.29) is 5.56 Å². The fourth-order valence-corrected chi connectivity index (χ4v) is 1.90. The lowest BCUT2D eigenvalue weighted by atomic mass is 10.2. The number of rotatable bonds is 8. The van der Waals surface area contributed by atoms with Crippen LogP contribution in [0, 0.1) is 0 Å². The third-order valence-electron chi connectivity index (χ3n) is 3.11. The molecule has 116 valence electrons. The summed E-state index contributed by atoms with van der Waals surface area (Å²) in [5.74, 6) is 0.573. The van der Waals surface area contributed by atoms with E-state index in [1.807, 2.05) is 24.3 Å². The minimum absolute atomic E-state index is 0.258. The maximum atomic E-state index is 10.7. The lowest BCUT2D eigenvalue weighted by Gasteiger charge is -2.09. The monoisotopic (exact) mass is 301 g/mol. The minimum atomic E-state index is -0.935. The van der Waals surface area contributed by atoms with Gasteiger partial charge in [-0.25, -0.2) is 4.79 Å². The van der Waals surface area contributed by atoms with Gasteiger partial charge >= 0.3 is 5.97 Å². The second kappa shape index (κ2) is 7.93. The number of benzene rings is 2. The van der Waals surface area contributed by atoms with Gasteiger partial charge in [-0.1, -0.05) is 0 Å². The lowest BCUT2D eigenvalue weighted by molar-refractivity contribution is 0.0697. The van der Waals surface area contributed by atoms with Crippen LogP contribution in [0.4, 0.5) is 5.69 Å². The Bertz CT molecular complexity index is 593. The molecule has 0 heterocycles. The molecule has 2 aromatic carbocycles. The molecule has 22 heavy (non-hydrogen) atoms. The van der Waals surface area contributed by atoms with Crippen molar-refractivity contribution in [2.45, 2.75) is 6.42 Å². The highest BCUT2D eigenvalue weighted by atomic mass is 16.5. The summed E-state index contributed by atoms with van der Waals surface area (Å²) >= 11 is 0. The van der Waals surface area contributed by atoms with E-state index in [0.717, 1.165) is 24.4 Å². The number of carboxylic acids is 1. The van der Waals surface area contributed by atoms with Gasteiger partial charge in [0.25, 0.3) is 0 Å². The van der Waals surface area contributed by atoms with Crippen molar-refractivity contribution in [3.63, 3.8) is 0 Å². The summed E-state index contributed by atoms with van der Waals surface area (Å²) in [6.07, 6.45) is 0.840. The van der Waals surface area contributed by atoms with Crippen LogP contribution in [0.2, 0.25) is 0 Å². The molecular weight excluding hydrogens is 282 g/mol. The molecule has 0 aliphatic carbocycles. The number of aromatic carboxylic acids is 1. The first kappa shape index (κ1) is 15.7. The maximum Gasteiger partial charge on any atom is 0.335 e. The molecular formula is C17H19NO4. The van der Waals surface area contributed by atoms with E-state index in [0.29, 0.717) is 12.4 Å². The Labute approximate surface area is 129 Å². The molecule has 5 nitrogen and oxygen atoms in total. The first-order valence-electron chi connectivity index (χ1n) is 7.03. The Hall–Kier alpha value is -2.69. The summed E-state index contributed by atoms with van der Waals surface area (Å²) < 4.78 is 10.7. The zero-order valence-corrected chi connectivity index (χ0v) is 12.4. The second-order valence-corrected chi connectivity index (χ2v) is 4.69. The molecule has 0 aliphatic rings. The van der Waals surface area contributed by atoms with Crippen LogP contribution in [0.15, 0.2) is 48.5 Å². The topological polar surface area (TPSA) is 67.8 Å². The van der Waals surface area contributed by atoms with Gasteiger partial charge in [0, 0.05) is 12.2 Å². The molecule has 2 aromatic rings. The van der Waals surface area contributed by atoms with Crippen LogP contribution >= 0.6 is 0 Å². The fraction of sp³-hybridized carbons (Fsp3) is 0.235.